The largest absolute Gasteiger partial charge is 0.481 e. The van der Waals surface area contributed by atoms with Crippen LogP contribution in [0, 0.1) is 5.41 Å². The minimum atomic E-state index is -0.762. The molecule has 0 bridgehead atoms. The molecule has 0 aliphatic heterocycles. The van der Waals surface area contributed by atoms with Crippen molar-refractivity contribution in [3.63, 3.8) is 0 Å². The molecule has 1 N–H and O–H groups in total. The highest BCUT2D eigenvalue weighted by atomic mass is 32.1. The van der Waals surface area contributed by atoms with E-state index in [0.29, 0.717) is 6.42 Å². The first-order chi connectivity index (χ1) is 8.84. The van der Waals surface area contributed by atoms with Gasteiger partial charge in [0.2, 0.25) is 0 Å². The highest BCUT2D eigenvalue weighted by Gasteiger charge is 2.34. The van der Waals surface area contributed by atoms with Crippen molar-refractivity contribution < 1.29 is 14.6 Å². The Morgan fingerprint density at radius 2 is 2.21 bits per heavy atom. The maximum Gasteiger partial charge on any atom is 0.312 e. The van der Waals surface area contributed by atoms with Crippen molar-refractivity contribution in [3.05, 3.63) is 15.6 Å². The molecule has 0 saturated heterocycles. The SMILES string of the molecule is COC(c1nc2c(s1)CCCC2C(=O)O)C(C)(C)C. The topological polar surface area (TPSA) is 59.4 Å². The van der Waals surface area contributed by atoms with E-state index in [4.69, 9.17) is 4.74 Å². The van der Waals surface area contributed by atoms with Crippen molar-refractivity contribution >= 4 is 17.3 Å². The molecule has 2 rings (SSSR count). The van der Waals surface area contributed by atoms with Gasteiger partial charge in [-0.05, 0) is 24.7 Å². The van der Waals surface area contributed by atoms with Crippen LogP contribution in [0.4, 0.5) is 0 Å². The van der Waals surface area contributed by atoms with E-state index in [1.165, 1.54) is 0 Å². The third-order valence-corrected chi connectivity index (χ3v) is 4.69. The number of aromatic nitrogens is 1. The summed E-state index contributed by atoms with van der Waals surface area (Å²) in [5.74, 6) is -1.20. The molecule has 0 fully saturated rings. The maximum absolute atomic E-state index is 11.3. The molecule has 5 heteroatoms. The molecule has 0 saturated carbocycles. The van der Waals surface area contributed by atoms with Gasteiger partial charge in [0.15, 0.2) is 0 Å². The van der Waals surface area contributed by atoms with Crippen LogP contribution in [-0.4, -0.2) is 23.2 Å². The quantitative estimate of drug-likeness (QED) is 0.923. The molecular formula is C14H21NO3S. The van der Waals surface area contributed by atoms with Crippen LogP contribution in [0.25, 0.3) is 0 Å². The van der Waals surface area contributed by atoms with Crippen LogP contribution in [0.5, 0.6) is 0 Å². The van der Waals surface area contributed by atoms with Gasteiger partial charge in [0.05, 0.1) is 11.6 Å². The zero-order valence-electron chi connectivity index (χ0n) is 11.9. The molecule has 1 aliphatic carbocycles. The summed E-state index contributed by atoms with van der Waals surface area (Å²) in [7, 11) is 1.69. The number of hydrogen-bond donors (Lipinski definition) is 1. The van der Waals surface area contributed by atoms with Gasteiger partial charge in [-0.2, -0.15) is 0 Å². The van der Waals surface area contributed by atoms with Crippen molar-refractivity contribution in [1.82, 2.24) is 4.98 Å². The number of nitrogens with zero attached hydrogens (tertiary/aromatic N) is 1. The number of rotatable bonds is 3. The van der Waals surface area contributed by atoms with E-state index in [2.05, 4.69) is 25.8 Å². The Labute approximate surface area is 117 Å². The number of methoxy groups -OCH3 is 1. The summed E-state index contributed by atoms with van der Waals surface area (Å²) >= 11 is 1.62. The average molecular weight is 283 g/mol. The summed E-state index contributed by atoms with van der Waals surface area (Å²) < 4.78 is 5.57. The summed E-state index contributed by atoms with van der Waals surface area (Å²) in [6.07, 6.45) is 2.48. The predicted octanol–water partition coefficient (Wildman–Crippen LogP) is 3.38. The molecule has 0 aromatic carbocycles. The van der Waals surface area contributed by atoms with Crippen LogP contribution in [0.1, 0.15) is 61.2 Å². The number of ether oxygens (including phenoxy) is 1. The van der Waals surface area contributed by atoms with Crippen molar-refractivity contribution in [2.45, 2.75) is 52.1 Å². The summed E-state index contributed by atoms with van der Waals surface area (Å²) in [5, 5.41) is 10.2. The molecule has 0 amide bonds. The fraction of sp³-hybridized carbons (Fsp3) is 0.714. The molecule has 0 radical (unpaired) electrons. The average Bonchev–Trinajstić information content (AvgIpc) is 2.70. The minimum absolute atomic E-state index is 0.0477. The monoisotopic (exact) mass is 283 g/mol. The van der Waals surface area contributed by atoms with Gasteiger partial charge in [-0.1, -0.05) is 20.8 Å². The lowest BCUT2D eigenvalue weighted by Crippen LogP contribution is -2.20. The molecule has 1 aromatic heterocycles. The second-order valence-corrected chi connectivity index (χ2v) is 7.24. The van der Waals surface area contributed by atoms with Crippen molar-refractivity contribution in [1.29, 1.82) is 0 Å². The third kappa shape index (κ3) is 2.82. The molecule has 106 valence electrons. The third-order valence-electron chi connectivity index (χ3n) is 3.52. The van der Waals surface area contributed by atoms with Gasteiger partial charge in [-0.3, -0.25) is 4.79 Å². The number of carboxylic acid groups (broad SMARTS) is 1. The van der Waals surface area contributed by atoms with Crippen LogP contribution in [0.2, 0.25) is 0 Å². The molecule has 19 heavy (non-hydrogen) atoms. The predicted molar refractivity (Wildman–Crippen MR) is 74.6 cm³/mol. The molecular weight excluding hydrogens is 262 g/mol. The molecule has 2 unspecified atom stereocenters. The first kappa shape index (κ1) is 14.5. The Kier molecular flexibility index (Phi) is 3.97. The Bertz CT molecular complexity index is 476. The molecule has 2 atom stereocenters. The van der Waals surface area contributed by atoms with Gasteiger partial charge >= 0.3 is 5.97 Å². The second kappa shape index (κ2) is 5.21. The lowest BCUT2D eigenvalue weighted by molar-refractivity contribution is -0.139. The number of carbonyl (C=O) groups is 1. The first-order valence-electron chi connectivity index (χ1n) is 6.59. The van der Waals surface area contributed by atoms with E-state index in [0.717, 1.165) is 28.4 Å². The number of thiazole rings is 1. The Hall–Kier alpha value is -0.940. The number of aryl methyl sites for hydroxylation is 1. The highest BCUT2D eigenvalue weighted by molar-refractivity contribution is 7.11. The highest BCUT2D eigenvalue weighted by Crippen LogP contribution is 2.42. The van der Waals surface area contributed by atoms with E-state index in [1.54, 1.807) is 18.4 Å². The summed E-state index contributed by atoms with van der Waals surface area (Å²) in [6, 6.07) is 0. The van der Waals surface area contributed by atoms with Gasteiger partial charge in [-0.15, -0.1) is 11.3 Å². The van der Waals surface area contributed by atoms with Crippen molar-refractivity contribution in [2.24, 2.45) is 5.41 Å². The first-order valence-corrected chi connectivity index (χ1v) is 7.41. The Morgan fingerprint density at radius 3 is 2.74 bits per heavy atom. The van der Waals surface area contributed by atoms with Crippen LogP contribution < -0.4 is 0 Å². The van der Waals surface area contributed by atoms with Crippen LogP contribution in [-0.2, 0) is 16.0 Å². The lowest BCUT2D eigenvalue weighted by atomic mass is 9.89. The molecule has 1 aliphatic rings. The van der Waals surface area contributed by atoms with Gasteiger partial charge in [0.25, 0.3) is 0 Å². The van der Waals surface area contributed by atoms with E-state index in [1.807, 2.05) is 0 Å². The van der Waals surface area contributed by atoms with E-state index in [9.17, 15) is 9.90 Å². The van der Waals surface area contributed by atoms with Gasteiger partial charge in [0, 0.05) is 12.0 Å². The second-order valence-electron chi connectivity index (χ2n) is 6.13. The smallest absolute Gasteiger partial charge is 0.312 e. The van der Waals surface area contributed by atoms with Crippen molar-refractivity contribution in [2.75, 3.05) is 7.11 Å². The lowest BCUT2D eigenvalue weighted by Gasteiger charge is -2.27. The fourth-order valence-corrected chi connectivity index (χ4v) is 4.11. The van der Waals surface area contributed by atoms with Crippen LogP contribution in [0.15, 0.2) is 0 Å². The summed E-state index contributed by atoms with van der Waals surface area (Å²) in [5.41, 5.74) is 0.721. The molecule has 1 aromatic rings. The number of hydrogen-bond acceptors (Lipinski definition) is 4. The van der Waals surface area contributed by atoms with Crippen molar-refractivity contribution in [3.8, 4) is 0 Å². The normalized spacial score (nSPS) is 20.9. The number of carboxylic acids is 1. The maximum atomic E-state index is 11.3. The fourth-order valence-electron chi connectivity index (χ4n) is 2.61. The molecule has 1 heterocycles. The Balaban J connectivity index is 2.38. The standard InChI is InChI=1S/C14H21NO3S/c1-14(2,3)11(18-4)12-15-10-8(13(16)17)6-5-7-9(10)19-12/h8,11H,5-7H2,1-4H3,(H,16,17). The van der Waals surface area contributed by atoms with Gasteiger partial charge in [0.1, 0.15) is 11.1 Å². The number of aliphatic carboxylic acids is 1. The van der Waals surface area contributed by atoms with Gasteiger partial charge in [-0.25, -0.2) is 4.98 Å². The zero-order valence-corrected chi connectivity index (χ0v) is 12.7. The Morgan fingerprint density at radius 1 is 1.53 bits per heavy atom. The molecule has 0 spiro atoms. The summed E-state index contributed by atoms with van der Waals surface area (Å²) in [6.45, 7) is 6.32. The van der Waals surface area contributed by atoms with E-state index < -0.39 is 11.9 Å². The zero-order chi connectivity index (χ0) is 14.2. The van der Waals surface area contributed by atoms with Crippen LogP contribution >= 0.6 is 11.3 Å². The number of fused-ring (bicyclic) bond motifs is 1. The minimum Gasteiger partial charge on any atom is -0.481 e. The van der Waals surface area contributed by atoms with Gasteiger partial charge < -0.3 is 9.84 Å². The van der Waals surface area contributed by atoms with Crippen LogP contribution in [0.3, 0.4) is 0 Å². The summed E-state index contributed by atoms with van der Waals surface area (Å²) in [4.78, 5) is 17.0. The van der Waals surface area contributed by atoms with E-state index in [-0.39, 0.29) is 11.5 Å². The molecule has 4 nitrogen and oxygen atoms in total. The van der Waals surface area contributed by atoms with E-state index >= 15 is 0 Å².